The minimum absolute atomic E-state index is 0. The molecule has 0 heterocycles. The van der Waals surface area contributed by atoms with Crippen LogP contribution < -0.4 is 20.7 Å². The molecule has 0 unspecified atom stereocenters. The Hall–Kier alpha value is -1.85. The number of nitrogens with one attached hydrogen (secondary N) is 2. The summed E-state index contributed by atoms with van der Waals surface area (Å²) in [6, 6.07) is 16.9. The molecule has 9 heteroatoms. The molecule has 0 fully saturated rings. The van der Waals surface area contributed by atoms with Crippen molar-refractivity contribution in [3.63, 3.8) is 0 Å². The third-order valence-corrected chi connectivity index (χ3v) is 5.26. The molecular weight excluding hydrogens is 501 g/mol. The summed E-state index contributed by atoms with van der Waals surface area (Å²) >= 11 is 0. The van der Waals surface area contributed by atoms with Gasteiger partial charge < -0.3 is 15.5 Å². The van der Waals surface area contributed by atoms with Gasteiger partial charge in [-0.1, -0.05) is 30.3 Å². The molecule has 2 rings (SSSR count). The van der Waals surface area contributed by atoms with Crippen molar-refractivity contribution < 1.29 is 8.42 Å². The maximum atomic E-state index is 11.3. The zero-order valence-electron chi connectivity index (χ0n) is 16.8. The number of sulfonamides is 1. The number of aliphatic imine (C=N–C) groups is 1. The zero-order valence-corrected chi connectivity index (χ0v) is 20.0. The molecule has 0 radical (unpaired) electrons. The number of para-hydroxylation sites is 1. The molecule has 160 valence electrons. The Bertz CT molecular complexity index is 858. The topological polar surface area (TPSA) is 99.8 Å². The number of hydrogen-bond acceptors (Lipinski definition) is 4. The molecule has 7 nitrogen and oxygen atoms in total. The van der Waals surface area contributed by atoms with Gasteiger partial charge in [0.1, 0.15) is 0 Å². The standard InChI is InChI=1S/C20H29N5O2S.HI/c1-3-25(18-8-5-4-6-9-18)15-7-14-23-20(22-2)24-16-17-10-12-19(13-11-17)28(21,26)27;/h4-6,8-13H,3,7,14-16H2,1-2H3,(H2,21,26,27)(H2,22,23,24);1H. The van der Waals surface area contributed by atoms with Crippen LogP contribution in [0.1, 0.15) is 18.9 Å². The molecule has 0 aromatic heterocycles. The van der Waals surface area contributed by atoms with Gasteiger partial charge in [-0.15, -0.1) is 24.0 Å². The van der Waals surface area contributed by atoms with Gasteiger partial charge in [0, 0.05) is 38.9 Å². The van der Waals surface area contributed by atoms with Crippen LogP contribution >= 0.6 is 24.0 Å². The predicted molar refractivity (Wildman–Crippen MR) is 130 cm³/mol. The van der Waals surface area contributed by atoms with Gasteiger partial charge in [-0.2, -0.15) is 0 Å². The molecule has 0 spiro atoms. The lowest BCUT2D eigenvalue weighted by Crippen LogP contribution is -2.38. The van der Waals surface area contributed by atoms with Crippen molar-refractivity contribution in [2.24, 2.45) is 10.1 Å². The predicted octanol–water partition coefficient (Wildman–Crippen LogP) is 2.53. The molecule has 0 aliphatic rings. The van der Waals surface area contributed by atoms with Gasteiger partial charge >= 0.3 is 0 Å². The lowest BCUT2D eigenvalue weighted by molar-refractivity contribution is 0.597. The highest BCUT2D eigenvalue weighted by atomic mass is 127. The first-order chi connectivity index (χ1) is 13.4. The number of nitrogens with two attached hydrogens (primary N) is 1. The first kappa shape index (κ1) is 25.2. The van der Waals surface area contributed by atoms with Crippen LogP contribution in [0.25, 0.3) is 0 Å². The summed E-state index contributed by atoms with van der Waals surface area (Å²) in [5, 5.41) is 11.6. The summed E-state index contributed by atoms with van der Waals surface area (Å²) in [5.74, 6) is 0.707. The van der Waals surface area contributed by atoms with E-state index in [4.69, 9.17) is 5.14 Å². The lowest BCUT2D eigenvalue weighted by atomic mass is 10.2. The maximum Gasteiger partial charge on any atom is 0.238 e. The molecular formula is C20H30IN5O2S. The van der Waals surface area contributed by atoms with Crippen LogP contribution in [0.3, 0.4) is 0 Å². The molecule has 0 atom stereocenters. The summed E-state index contributed by atoms with van der Waals surface area (Å²) in [5.41, 5.74) is 2.17. The zero-order chi connectivity index (χ0) is 20.4. The second-order valence-corrected chi connectivity index (χ2v) is 7.87. The van der Waals surface area contributed by atoms with Crippen molar-refractivity contribution in [3.05, 3.63) is 60.2 Å². The molecule has 4 N–H and O–H groups in total. The SMILES string of the molecule is CCN(CCCNC(=NC)NCc1ccc(S(N)(=O)=O)cc1)c1ccccc1.I. The van der Waals surface area contributed by atoms with E-state index in [1.807, 2.05) is 6.07 Å². The van der Waals surface area contributed by atoms with E-state index in [1.165, 1.54) is 17.8 Å². The number of benzene rings is 2. The molecule has 2 aromatic carbocycles. The summed E-state index contributed by atoms with van der Waals surface area (Å²) in [7, 11) is -1.94. The Balaban J connectivity index is 0.00000420. The minimum atomic E-state index is -3.66. The van der Waals surface area contributed by atoms with Crippen molar-refractivity contribution in [2.45, 2.75) is 24.8 Å². The smallest absolute Gasteiger partial charge is 0.238 e. The van der Waals surface area contributed by atoms with Crippen molar-refractivity contribution in [3.8, 4) is 0 Å². The molecule has 2 aromatic rings. The van der Waals surface area contributed by atoms with Crippen LogP contribution in [0, 0.1) is 0 Å². The Morgan fingerprint density at radius 2 is 1.72 bits per heavy atom. The second kappa shape index (κ2) is 12.7. The third kappa shape index (κ3) is 8.58. The van der Waals surface area contributed by atoms with E-state index in [0.717, 1.165) is 31.6 Å². The number of nitrogens with zero attached hydrogens (tertiary/aromatic N) is 2. The maximum absolute atomic E-state index is 11.3. The summed E-state index contributed by atoms with van der Waals surface area (Å²) < 4.78 is 22.6. The van der Waals surface area contributed by atoms with Crippen LogP contribution in [0.2, 0.25) is 0 Å². The van der Waals surface area contributed by atoms with Gasteiger partial charge in [0.2, 0.25) is 10.0 Å². The van der Waals surface area contributed by atoms with Crippen molar-refractivity contribution in [1.82, 2.24) is 10.6 Å². The van der Waals surface area contributed by atoms with Gasteiger partial charge in [-0.3, -0.25) is 4.99 Å². The molecule has 0 amide bonds. The largest absolute Gasteiger partial charge is 0.372 e. The number of primary sulfonamides is 1. The van der Waals surface area contributed by atoms with Crippen molar-refractivity contribution in [2.75, 3.05) is 31.6 Å². The van der Waals surface area contributed by atoms with Gasteiger partial charge in [-0.25, -0.2) is 13.6 Å². The molecule has 0 aliphatic heterocycles. The van der Waals surface area contributed by atoms with E-state index in [2.05, 4.69) is 51.7 Å². The second-order valence-electron chi connectivity index (χ2n) is 6.31. The summed E-state index contributed by atoms with van der Waals surface area (Å²) in [6.07, 6.45) is 0.979. The Morgan fingerprint density at radius 1 is 1.07 bits per heavy atom. The Kier molecular flexibility index (Phi) is 11.0. The van der Waals surface area contributed by atoms with Gasteiger partial charge in [0.05, 0.1) is 4.90 Å². The number of halogens is 1. The number of guanidine groups is 1. The molecule has 29 heavy (non-hydrogen) atoms. The third-order valence-electron chi connectivity index (χ3n) is 4.34. The highest BCUT2D eigenvalue weighted by molar-refractivity contribution is 14.0. The van der Waals surface area contributed by atoms with Crippen molar-refractivity contribution >= 4 is 45.6 Å². The first-order valence-electron chi connectivity index (χ1n) is 9.30. The highest BCUT2D eigenvalue weighted by Gasteiger charge is 2.07. The summed E-state index contributed by atoms with van der Waals surface area (Å²) in [4.78, 5) is 6.67. The molecule has 0 bridgehead atoms. The average Bonchev–Trinajstić information content (AvgIpc) is 2.70. The van der Waals surface area contributed by atoms with Crippen molar-refractivity contribution in [1.29, 1.82) is 0 Å². The Labute approximate surface area is 190 Å². The van der Waals surface area contributed by atoms with E-state index < -0.39 is 10.0 Å². The summed E-state index contributed by atoms with van der Waals surface area (Å²) in [6.45, 7) is 5.41. The van der Waals surface area contributed by atoms with Gasteiger partial charge in [0.25, 0.3) is 0 Å². The fourth-order valence-electron chi connectivity index (χ4n) is 2.79. The van der Waals surface area contributed by atoms with E-state index in [1.54, 1.807) is 19.2 Å². The molecule has 0 saturated carbocycles. The molecule has 0 saturated heterocycles. The Morgan fingerprint density at radius 3 is 2.28 bits per heavy atom. The number of rotatable bonds is 9. The van der Waals surface area contributed by atoms with E-state index >= 15 is 0 Å². The number of hydrogen-bond donors (Lipinski definition) is 3. The average molecular weight is 531 g/mol. The van der Waals surface area contributed by atoms with Gasteiger partial charge in [-0.05, 0) is 43.2 Å². The van der Waals surface area contributed by atoms with Gasteiger partial charge in [0.15, 0.2) is 5.96 Å². The van der Waals surface area contributed by atoms with Crippen LogP contribution in [-0.4, -0.2) is 41.1 Å². The quantitative estimate of drug-likeness (QED) is 0.200. The highest BCUT2D eigenvalue weighted by Crippen LogP contribution is 2.12. The lowest BCUT2D eigenvalue weighted by Gasteiger charge is -2.23. The molecule has 0 aliphatic carbocycles. The normalized spacial score (nSPS) is 11.5. The van der Waals surface area contributed by atoms with Crippen LogP contribution in [0.15, 0.2) is 64.5 Å². The minimum Gasteiger partial charge on any atom is -0.372 e. The fourth-order valence-corrected chi connectivity index (χ4v) is 3.30. The van der Waals surface area contributed by atoms with E-state index in [-0.39, 0.29) is 28.9 Å². The van der Waals surface area contributed by atoms with Crippen LogP contribution in [0.5, 0.6) is 0 Å². The first-order valence-corrected chi connectivity index (χ1v) is 10.8. The fraction of sp³-hybridized carbons (Fsp3) is 0.350. The van der Waals surface area contributed by atoms with Crippen LogP contribution in [-0.2, 0) is 16.6 Å². The number of anilines is 1. The van der Waals surface area contributed by atoms with E-state index in [0.29, 0.717) is 12.5 Å². The van der Waals surface area contributed by atoms with E-state index in [9.17, 15) is 8.42 Å². The monoisotopic (exact) mass is 531 g/mol. The van der Waals surface area contributed by atoms with Crippen LogP contribution in [0.4, 0.5) is 5.69 Å².